The van der Waals surface area contributed by atoms with E-state index in [1.165, 1.54) is 25.7 Å². The average Bonchev–Trinajstić information content (AvgIpc) is 2.09. The molecule has 1 fully saturated rings. The lowest BCUT2D eigenvalue weighted by molar-refractivity contribution is -0.138. The highest BCUT2D eigenvalue weighted by molar-refractivity contribution is 5.67. The topological polar surface area (TPSA) is 63.3 Å². The van der Waals surface area contributed by atoms with E-state index < -0.39 is 5.97 Å². The fourth-order valence-corrected chi connectivity index (χ4v) is 2.47. The molecule has 1 aliphatic rings. The van der Waals surface area contributed by atoms with Gasteiger partial charge in [0.15, 0.2) is 0 Å². The predicted molar refractivity (Wildman–Crippen MR) is 60.5 cm³/mol. The van der Waals surface area contributed by atoms with Crippen molar-refractivity contribution >= 4 is 5.97 Å². The van der Waals surface area contributed by atoms with Crippen LogP contribution in [0.5, 0.6) is 0 Å². The number of carbonyl (C=O) groups is 1. The normalized spacial score (nSPS) is 20.7. The maximum Gasteiger partial charge on any atom is 0.303 e. The van der Waals surface area contributed by atoms with Gasteiger partial charge < -0.3 is 10.8 Å². The molecule has 88 valence electrons. The van der Waals surface area contributed by atoms with Gasteiger partial charge in [-0.05, 0) is 37.1 Å². The lowest BCUT2D eigenvalue weighted by atomic mass is 9.77. The summed E-state index contributed by atoms with van der Waals surface area (Å²) in [6, 6.07) is 0. The minimum absolute atomic E-state index is 0.164. The summed E-state index contributed by atoms with van der Waals surface area (Å²) in [6.45, 7) is 2.73. The molecule has 0 bridgehead atoms. The average molecular weight is 213 g/mol. The van der Waals surface area contributed by atoms with Gasteiger partial charge in [-0.25, -0.2) is 0 Å². The van der Waals surface area contributed by atoms with Crippen LogP contribution < -0.4 is 5.73 Å². The van der Waals surface area contributed by atoms with Crippen LogP contribution >= 0.6 is 0 Å². The third-order valence-corrected chi connectivity index (χ3v) is 3.49. The number of hydrogen-bond donors (Lipinski definition) is 2. The smallest absolute Gasteiger partial charge is 0.303 e. The summed E-state index contributed by atoms with van der Waals surface area (Å²) in [5.41, 5.74) is 5.58. The number of aliphatic carboxylic acids is 1. The van der Waals surface area contributed by atoms with Gasteiger partial charge in [-0.2, -0.15) is 0 Å². The number of hydrogen-bond acceptors (Lipinski definition) is 2. The monoisotopic (exact) mass is 213 g/mol. The van der Waals surface area contributed by atoms with Gasteiger partial charge in [-0.1, -0.05) is 26.2 Å². The Balaban J connectivity index is 2.20. The van der Waals surface area contributed by atoms with Gasteiger partial charge in [0, 0.05) is 6.42 Å². The fourth-order valence-electron chi connectivity index (χ4n) is 2.47. The van der Waals surface area contributed by atoms with Crippen molar-refractivity contribution in [2.24, 2.45) is 23.5 Å². The molecule has 0 saturated heterocycles. The molecule has 1 aliphatic carbocycles. The van der Waals surface area contributed by atoms with Crippen LogP contribution in [0, 0.1) is 17.8 Å². The number of rotatable bonds is 7. The first-order valence-corrected chi connectivity index (χ1v) is 6.03. The third kappa shape index (κ3) is 4.65. The van der Waals surface area contributed by atoms with Gasteiger partial charge >= 0.3 is 5.97 Å². The highest BCUT2D eigenvalue weighted by Gasteiger charge is 2.22. The van der Waals surface area contributed by atoms with E-state index in [4.69, 9.17) is 10.8 Å². The summed E-state index contributed by atoms with van der Waals surface area (Å²) in [5, 5.41) is 8.71. The Hall–Kier alpha value is -0.570. The van der Waals surface area contributed by atoms with Crippen LogP contribution in [0.25, 0.3) is 0 Å². The maximum absolute atomic E-state index is 10.6. The van der Waals surface area contributed by atoms with Crippen molar-refractivity contribution in [1.29, 1.82) is 0 Å². The molecule has 0 heterocycles. The quantitative estimate of drug-likeness (QED) is 0.681. The highest BCUT2D eigenvalue weighted by atomic mass is 16.4. The number of carboxylic acids is 1. The van der Waals surface area contributed by atoms with Crippen molar-refractivity contribution in [2.75, 3.05) is 6.54 Å². The molecule has 0 radical (unpaired) electrons. The first-order valence-electron chi connectivity index (χ1n) is 6.03. The minimum Gasteiger partial charge on any atom is -0.481 e. The molecule has 2 unspecified atom stereocenters. The molecule has 1 rings (SSSR count). The van der Waals surface area contributed by atoms with Crippen LogP contribution in [-0.2, 0) is 4.79 Å². The van der Waals surface area contributed by atoms with Gasteiger partial charge in [0.1, 0.15) is 0 Å². The van der Waals surface area contributed by atoms with Crippen molar-refractivity contribution in [2.45, 2.75) is 45.4 Å². The first kappa shape index (κ1) is 12.5. The molecule has 0 aromatic carbocycles. The van der Waals surface area contributed by atoms with E-state index in [0.29, 0.717) is 12.5 Å². The molecule has 15 heavy (non-hydrogen) atoms. The minimum atomic E-state index is -0.721. The zero-order valence-electron chi connectivity index (χ0n) is 9.61. The van der Waals surface area contributed by atoms with Crippen molar-refractivity contribution in [3.05, 3.63) is 0 Å². The highest BCUT2D eigenvalue weighted by Crippen LogP contribution is 2.34. The van der Waals surface area contributed by atoms with Crippen molar-refractivity contribution in [1.82, 2.24) is 0 Å². The van der Waals surface area contributed by atoms with Crippen LogP contribution in [0.3, 0.4) is 0 Å². The second-order valence-corrected chi connectivity index (χ2v) is 5.07. The Morgan fingerprint density at radius 2 is 2.20 bits per heavy atom. The number of nitrogens with two attached hydrogens (primary N) is 1. The fraction of sp³-hybridized carbons (Fsp3) is 0.917. The second kappa shape index (κ2) is 6.11. The Morgan fingerprint density at radius 3 is 2.60 bits per heavy atom. The van der Waals surface area contributed by atoms with E-state index in [9.17, 15) is 4.79 Å². The second-order valence-electron chi connectivity index (χ2n) is 5.07. The lowest BCUT2D eigenvalue weighted by Crippen LogP contribution is -2.22. The Bertz CT molecular complexity index is 202. The summed E-state index contributed by atoms with van der Waals surface area (Å²) in [4.78, 5) is 10.6. The van der Waals surface area contributed by atoms with Gasteiger partial charge in [0.2, 0.25) is 0 Å². The molecule has 1 saturated carbocycles. The van der Waals surface area contributed by atoms with Gasteiger partial charge in [0.05, 0.1) is 0 Å². The van der Waals surface area contributed by atoms with E-state index in [0.717, 1.165) is 12.3 Å². The van der Waals surface area contributed by atoms with Crippen molar-refractivity contribution in [3.8, 4) is 0 Å². The molecule has 0 spiro atoms. The third-order valence-electron chi connectivity index (χ3n) is 3.49. The molecule has 0 aromatic rings. The van der Waals surface area contributed by atoms with Crippen molar-refractivity contribution in [3.63, 3.8) is 0 Å². The SMILES string of the molecule is CC(CC1CCC1)CC(CN)CC(=O)O. The Morgan fingerprint density at radius 1 is 1.53 bits per heavy atom. The zero-order valence-corrected chi connectivity index (χ0v) is 9.61. The van der Waals surface area contributed by atoms with Gasteiger partial charge in [0.25, 0.3) is 0 Å². The van der Waals surface area contributed by atoms with Crippen LogP contribution in [0.2, 0.25) is 0 Å². The van der Waals surface area contributed by atoms with E-state index in [-0.39, 0.29) is 12.3 Å². The van der Waals surface area contributed by atoms with E-state index >= 15 is 0 Å². The number of carboxylic acid groups (broad SMARTS) is 1. The molecular formula is C12H23NO2. The molecule has 0 aromatic heterocycles. The van der Waals surface area contributed by atoms with Gasteiger partial charge in [-0.15, -0.1) is 0 Å². The van der Waals surface area contributed by atoms with Gasteiger partial charge in [-0.3, -0.25) is 4.79 Å². The molecule has 0 aliphatic heterocycles. The Labute approximate surface area is 92.0 Å². The molecular weight excluding hydrogens is 190 g/mol. The summed E-state index contributed by atoms with van der Waals surface area (Å²) >= 11 is 0. The molecule has 3 nitrogen and oxygen atoms in total. The molecule has 3 N–H and O–H groups in total. The van der Waals surface area contributed by atoms with Crippen LogP contribution in [0.15, 0.2) is 0 Å². The van der Waals surface area contributed by atoms with E-state index in [2.05, 4.69) is 6.92 Å². The maximum atomic E-state index is 10.6. The van der Waals surface area contributed by atoms with Crippen LogP contribution in [0.4, 0.5) is 0 Å². The zero-order chi connectivity index (χ0) is 11.3. The van der Waals surface area contributed by atoms with Crippen LogP contribution in [-0.4, -0.2) is 17.6 Å². The summed E-state index contributed by atoms with van der Waals surface area (Å²) < 4.78 is 0. The largest absolute Gasteiger partial charge is 0.481 e. The van der Waals surface area contributed by atoms with E-state index in [1.807, 2.05) is 0 Å². The summed E-state index contributed by atoms with van der Waals surface area (Å²) in [6.07, 6.45) is 6.58. The summed E-state index contributed by atoms with van der Waals surface area (Å²) in [7, 11) is 0. The lowest BCUT2D eigenvalue weighted by Gasteiger charge is -2.29. The Kier molecular flexibility index (Phi) is 5.09. The molecule has 3 heteroatoms. The standard InChI is InChI=1S/C12H23NO2/c1-9(5-10-3-2-4-10)6-11(8-13)7-12(14)15/h9-11H,2-8,13H2,1H3,(H,14,15). The van der Waals surface area contributed by atoms with Crippen LogP contribution in [0.1, 0.15) is 45.4 Å². The molecule has 2 atom stereocenters. The first-order chi connectivity index (χ1) is 7.11. The summed E-state index contributed by atoms with van der Waals surface area (Å²) in [5.74, 6) is 0.977. The predicted octanol–water partition coefficient (Wildman–Crippen LogP) is 2.25. The van der Waals surface area contributed by atoms with Crippen molar-refractivity contribution < 1.29 is 9.90 Å². The molecule has 0 amide bonds. The van der Waals surface area contributed by atoms with E-state index in [1.54, 1.807) is 0 Å².